The molecule has 3 atom stereocenters. The second-order valence-corrected chi connectivity index (χ2v) is 6.65. The van der Waals surface area contributed by atoms with Crippen LogP contribution in [0.15, 0.2) is 18.2 Å². The Balaban J connectivity index is 1.46. The fourth-order valence-corrected chi connectivity index (χ4v) is 4.17. The largest absolute Gasteiger partial charge is 0.325 e. The van der Waals surface area contributed by atoms with Gasteiger partial charge >= 0.3 is 0 Å². The van der Waals surface area contributed by atoms with E-state index < -0.39 is 0 Å². The Bertz CT molecular complexity index is 557. The summed E-state index contributed by atoms with van der Waals surface area (Å²) in [6, 6.07) is 6.74. The highest BCUT2D eigenvalue weighted by Crippen LogP contribution is 2.31. The fraction of sp³-hybridized carbons (Fsp3) is 0.588. The average Bonchev–Trinajstić information content (AvgIpc) is 3.13. The van der Waals surface area contributed by atoms with Crippen molar-refractivity contribution in [1.82, 2.24) is 10.9 Å². The third-order valence-corrected chi connectivity index (χ3v) is 5.32. The number of nitrogens with one attached hydrogen (secondary N) is 3. The van der Waals surface area contributed by atoms with Gasteiger partial charge < -0.3 is 5.32 Å². The SMILES string of the molecule is O=C(Nc1ccc2c(c1)CCC2)C1NNC2CCCCC21. The molecule has 1 aliphatic heterocycles. The first kappa shape index (κ1) is 13.3. The van der Waals surface area contributed by atoms with E-state index in [4.69, 9.17) is 0 Å². The number of anilines is 1. The summed E-state index contributed by atoms with van der Waals surface area (Å²) in [6.07, 6.45) is 8.41. The summed E-state index contributed by atoms with van der Waals surface area (Å²) in [7, 11) is 0. The molecule has 1 aromatic rings. The molecule has 2 aliphatic carbocycles. The van der Waals surface area contributed by atoms with Crippen molar-refractivity contribution in [2.75, 3.05) is 5.32 Å². The highest BCUT2D eigenvalue weighted by Gasteiger charge is 2.40. The van der Waals surface area contributed by atoms with E-state index in [1.807, 2.05) is 6.07 Å². The van der Waals surface area contributed by atoms with E-state index in [-0.39, 0.29) is 11.9 Å². The number of amides is 1. The molecule has 0 spiro atoms. The van der Waals surface area contributed by atoms with Crippen LogP contribution in [-0.4, -0.2) is 18.0 Å². The quantitative estimate of drug-likeness (QED) is 0.780. The zero-order chi connectivity index (χ0) is 14.2. The van der Waals surface area contributed by atoms with Gasteiger partial charge in [0.2, 0.25) is 5.91 Å². The van der Waals surface area contributed by atoms with Gasteiger partial charge in [0.15, 0.2) is 0 Å². The summed E-state index contributed by atoms with van der Waals surface area (Å²) in [5, 5.41) is 3.11. The average molecular weight is 285 g/mol. The minimum Gasteiger partial charge on any atom is -0.325 e. The summed E-state index contributed by atoms with van der Waals surface area (Å²) in [5.41, 5.74) is 10.3. The van der Waals surface area contributed by atoms with Crippen molar-refractivity contribution in [3.8, 4) is 0 Å². The third-order valence-electron chi connectivity index (χ3n) is 5.32. The predicted octanol–water partition coefficient (Wildman–Crippen LogP) is 2.15. The van der Waals surface area contributed by atoms with Gasteiger partial charge in [0.1, 0.15) is 6.04 Å². The van der Waals surface area contributed by atoms with Crippen LogP contribution in [0.2, 0.25) is 0 Å². The number of carbonyl (C=O) groups is 1. The van der Waals surface area contributed by atoms with Crippen molar-refractivity contribution in [3.05, 3.63) is 29.3 Å². The zero-order valence-electron chi connectivity index (χ0n) is 12.3. The van der Waals surface area contributed by atoms with Gasteiger partial charge in [0.05, 0.1) is 0 Å². The number of rotatable bonds is 2. The maximum Gasteiger partial charge on any atom is 0.243 e. The highest BCUT2D eigenvalue weighted by atomic mass is 16.2. The zero-order valence-corrected chi connectivity index (χ0v) is 12.3. The Morgan fingerprint density at radius 3 is 2.86 bits per heavy atom. The standard InChI is InChI=1S/C17H23N3O/c21-17(16-14-6-1-2-7-15(14)19-20-16)18-13-9-8-11-4-3-5-12(11)10-13/h8-10,14-16,19-20H,1-7H2,(H,18,21). The summed E-state index contributed by atoms with van der Waals surface area (Å²) < 4.78 is 0. The van der Waals surface area contributed by atoms with Crippen molar-refractivity contribution in [2.45, 2.75) is 57.0 Å². The van der Waals surface area contributed by atoms with Gasteiger partial charge in [-0.1, -0.05) is 18.9 Å². The topological polar surface area (TPSA) is 53.2 Å². The molecule has 1 heterocycles. The third kappa shape index (κ3) is 2.47. The Kier molecular flexibility index (Phi) is 3.43. The Morgan fingerprint density at radius 2 is 1.90 bits per heavy atom. The van der Waals surface area contributed by atoms with E-state index in [0.29, 0.717) is 12.0 Å². The summed E-state index contributed by atoms with van der Waals surface area (Å²) in [5.74, 6) is 0.544. The minimum absolute atomic E-state index is 0.0939. The summed E-state index contributed by atoms with van der Waals surface area (Å²) in [6.45, 7) is 0. The van der Waals surface area contributed by atoms with Crippen molar-refractivity contribution < 1.29 is 4.79 Å². The number of aryl methyl sites for hydroxylation is 2. The molecule has 1 saturated carbocycles. The number of benzene rings is 1. The maximum atomic E-state index is 12.6. The number of fused-ring (bicyclic) bond motifs is 2. The van der Waals surface area contributed by atoms with E-state index in [1.165, 1.54) is 43.2 Å². The molecule has 2 fully saturated rings. The number of hydrogen-bond donors (Lipinski definition) is 3. The molecule has 1 aromatic carbocycles. The minimum atomic E-state index is -0.0939. The number of carbonyl (C=O) groups excluding carboxylic acids is 1. The van der Waals surface area contributed by atoms with Crippen LogP contribution in [0.4, 0.5) is 5.69 Å². The molecule has 0 aromatic heterocycles. The molecule has 3 N–H and O–H groups in total. The van der Waals surface area contributed by atoms with Crippen LogP contribution >= 0.6 is 0 Å². The van der Waals surface area contributed by atoms with E-state index in [9.17, 15) is 4.79 Å². The lowest BCUT2D eigenvalue weighted by molar-refractivity contribution is -0.118. The first-order valence-electron chi connectivity index (χ1n) is 8.25. The molecule has 112 valence electrons. The molecular weight excluding hydrogens is 262 g/mol. The van der Waals surface area contributed by atoms with E-state index in [0.717, 1.165) is 18.5 Å². The van der Waals surface area contributed by atoms with Crippen LogP contribution in [-0.2, 0) is 17.6 Å². The summed E-state index contributed by atoms with van der Waals surface area (Å²) >= 11 is 0. The lowest BCUT2D eigenvalue weighted by atomic mass is 9.81. The lowest BCUT2D eigenvalue weighted by Crippen LogP contribution is -2.42. The van der Waals surface area contributed by atoms with E-state index in [1.54, 1.807) is 0 Å². The molecule has 1 saturated heterocycles. The Morgan fingerprint density at radius 1 is 1.05 bits per heavy atom. The Hall–Kier alpha value is -1.39. The van der Waals surface area contributed by atoms with Crippen LogP contribution in [0.25, 0.3) is 0 Å². The van der Waals surface area contributed by atoms with Gasteiger partial charge in [0.25, 0.3) is 0 Å². The Labute approximate surface area is 125 Å². The van der Waals surface area contributed by atoms with Gasteiger partial charge in [-0.25, -0.2) is 5.43 Å². The molecule has 21 heavy (non-hydrogen) atoms. The van der Waals surface area contributed by atoms with Gasteiger partial charge in [-0.05, 0) is 55.4 Å². The van der Waals surface area contributed by atoms with Crippen LogP contribution < -0.4 is 16.2 Å². The maximum absolute atomic E-state index is 12.6. The summed E-state index contributed by atoms with van der Waals surface area (Å²) in [4.78, 5) is 12.6. The van der Waals surface area contributed by atoms with Crippen molar-refractivity contribution in [1.29, 1.82) is 0 Å². The second kappa shape index (κ2) is 5.43. The molecule has 0 radical (unpaired) electrons. The van der Waals surface area contributed by atoms with Crippen LogP contribution in [0.5, 0.6) is 0 Å². The molecule has 3 unspecified atom stereocenters. The van der Waals surface area contributed by atoms with Crippen molar-refractivity contribution >= 4 is 11.6 Å². The molecule has 4 nitrogen and oxygen atoms in total. The monoisotopic (exact) mass is 285 g/mol. The van der Waals surface area contributed by atoms with Gasteiger partial charge in [0, 0.05) is 17.6 Å². The number of hydrazine groups is 1. The van der Waals surface area contributed by atoms with Crippen molar-refractivity contribution in [3.63, 3.8) is 0 Å². The van der Waals surface area contributed by atoms with Gasteiger partial charge in [-0.2, -0.15) is 0 Å². The lowest BCUT2D eigenvalue weighted by Gasteiger charge is -2.26. The predicted molar refractivity (Wildman–Crippen MR) is 82.9 cm³/mol. The van der Waals surface area contributed by atoms with E-state index in [2.05, 4.69) is 28.3 Å². The van der Waals surface area contributed by atoms with Crippen LogP contribution in [0, 0.1) is 5.92 Å². The molecule has 0 bridgehead atoms. The highest BCUT2D eigenvalue weighted by molar-refractivity contribution is 5.95. The van der Waals surface area contributed by atoms with Crippen LogP contribution in [0.3, 0.4) is 0 Å². The fourth-order valence-electron chi connectivity index (χ4n) is 4.17. The first-order chi connectivity index (χ1) is 10.3. The first-order valence-corrected chi connectivity index (χ1v) is 8.25. The molecule has 4 rings (SSSR count). The molecule has 1 amide bonds. The van der Waals surface area contributed by atoms with Gasteiger partial charge in [-0.3, -0.25) is 10.2 Å². The molecule has 3 aliphatic rings. The van der Waals surface area contributed by atoms with Gasteiger partial charge in [-0.15, -0.1) is 0 Å². The van der Waals surface area contributed by atoms with Crippen LogP contribution in [0.1, 0.15) is 43.2 Å². The van der Waals surface area contributed by atoms with E-state index >= 15 is 0 Å². The van der Waals surface area contributed by atoms with Crippen molar-refractivity contribution in [2.24, 2.45) is 5.92 Å². The second-order valence-electron chi connectivity index (χ2n) is 6.65. The number of hydrogen-bond acceptors (Lipinski definition) is 3. The molecule has 4 heteroatoms. The molecular formula is C17H23N3O. The smallest absolute Gasteiger partial charge is 0.243 e. The normalized spacial score (nSPS) is 30.8.